The van der Waals surface area contributed by atoms with E-state index in [1.54, 1.807) is 0 Å². The average molecular weight is 431 g/mol. The molecule has 3 aromatic rings. The standard InChI is InChI=1S/C20H22ClN3.2ClH.H2O/c1-16(17-8-10-19(21)11-9-17)22-12-5-14-24-15-13-23-20(24)18-6-3-2-4-7-18;;;/h2-4,6-11,13,15-16,22H,5,12,14H2,1H3;2*1H;1H2. The van der Waals surface area contributed by atoms with Crippen LogP contribution in [0.1, 0.15) is 24.9 Å². The molecule has 0 aliphatic heterocycles. The van der Waals surface area contributed by atoms with E-state index in [1.807, 2.05) is 42.7 Å². The van der Waals surface area contributed by atoms with Crippen molar-refractivity contribution in [3.05, 3.63) is 77.6 Å². The Labute approximate surface area is 178 Å². The van der Waals surface area contributed by atoms with E-state index in [0.717, 1.165) is 35.9 Å². The summed E-state index contributed by atoms with van der Waals surface area (Å²) in [5.41, 5.74) is 2.41. The van der Waals surface area contributed by atoms with E-state index in [9.17, 15) is 0 Å². The second-order valence-electron chi connectivity index (χ2n) is 5.89. The van der Waals surface area contributed by atoms with Gasteiger partial charge in [-0.1, -0.05) is 54.1 Å². The van der Waals surface area contributed by atoms with Crippen molar-refractivity contribution in [2.24, 2.45) is 0 Å². The Morgan fingerprint density at radius 2 is 1.70 bits per heavy atom. The number of halogens is 3. The van der Waals surface area contributed by atoms with E-state index in [2.05, 4.69) is 46.1 Å². The Morgan fingerprint density at radius 3 is 2.37 bits per heavy atom. The molecule has 3 rings (SSSR count). The third-order valence-corrected chi connectivity index (χ3v) is 4.40. The highest BCUT2D eigenvalue weighted by Gasteiger charge is 2.06. The molecule has 2 aromatic carbocycles. The van der Waals surface area contributed by atoms with Crippen LogP contribution < -0.4 is 5.32 Å². The van der Waals surface area contributed by atoms with Gasteiger partial charge >= 0.3 is 0 Å². The van der Waals surface area contributed by atoms with Gasteiger partial charge in [0.05, 0.1) is 0 Å². The summed E-state index contributed by atoms with van der Waals surface area (Å²) >= 11 is 5.94. The van der Waals surface area contributed by atoms with Crippen molar-refractivity contribution >= 4 is 36.4 Å². The van der Waals surface area contributed by atoms with Gasteiger partial charge in [-0.2, -0.15) is 0 Å². The second kappa shape index (κ2) is 12.8. The highest BCUT2D eigenvalue weighted by molar-refractivity contribution is 6.30. The monoisotopic (exact) mass is 429 g/mol. The van der Waals surface area contributed by atoms with Crippen molar-refractivity contribution in [3.63, 3.8) is 0 Å². The Balaban J connectivity index is 0.00000225. The summed E-state index contributed by atoms with van der Waals surface area (Å²) in [5, 5.41) is 4.34. The maximum absolute atomic E-state index is 5.94. The summed E-state index contributed by atoms with van der Waals surface area (Å²) in [5.74, 6) is 1.03. The molecule has 0 radical (unpaired) electrons. The molecule has 4 nitrogen and oxygen atoms in total. The van der Waals surface area contributed by atoms with Crippen LogP contribution in [0, 0.1) is 0 Å². The van der Waals surface area contributed by atoms with Crippen molar-refractivity contribution in [3.8, 4) is 11.4 Å². The third-order valence-electron chi connectivity index (χ3n) is 4.14. The van der Waals surface area contributed by atoms with Crippen LogP contribution in [-0.2, 0) is 6.54 Å². The van der Waals surface area contributed by atoms with Crippen LogP contribution in [0.3, 0.4) is 0 Å². The van der Waals surface area contributed by atoms with E-state index in [0.29, 0.717) is 6.04 Å². The van der Waals surface area contributed by atoms with Gasteiger partial charge in [0.25, 0.3) is 0 Å². The molecule has 3 N–H and O–H groups in total. The van der Waals surface area contributed by atoms with Crippen LogP contribution in [0.2, 0.25) is 5.02 Å². The molecule has 0 bridgehead atoms. The van der Waals surface area contributed by atoms with Crippen LogP contribution in [0.5, 0.6) is 0 Å². The van der Waals surface area contributed by atoms with E-state index in [4.69, 9.17) is 11.6 Å². The van der Waals surface area contributed by atoms with Gasteiger partial charge in [-0.3, -0.25) is 0 Å². The average Bonchev–Trinajstić information content (AvgIpc) is 3.08. The number of nitrogens with one attached hydrogen (secondary N) is 1. The highest BCUT2D eigenvalue weighted by atomic mass is 35.5. The number of hydrogen-bond donors (Lipinski definition) is 1. The van der Waals surface area contributed by atoms with Crippen molar-refractivity contribution in [1.82, 2.24) is 14.9 Å². The van der Waals surface area contributed by atoms with Crippen molar-refractivity contribution in [2.75, 3.05) is 6.54 Å². The number of nitrogens with zero attached hydrogens (tertiary/aromatic N) is 2. The SMILES string of the molecule is CC(NCCCn1ccnc1-c1ccccc1)c1ccc(Cl)cc1.Cl.Cl.O. The van der Waals surface area contributed by atoms with Crippen molar-refractivity contribution in [2.45, 2.75) is 25.9 Å². The minimum Gasteiger partial charge on any atom is -0.412 e. The third kappa shape index (κ3) is 7.17. The number of aromatic nitrogens is 2. The zero-order chi connectivity index (χ0) is 16.8. The number of rotatable bonds is 7. The Hall–Kier alpha value is -1.56. The van der Waals surface area contributed by atoms with E-state index < -0.39 is 0 Å². The molecule has 0 aliphatic carbocycles. The molecule has 0 spiro atoms. The van der Waals surface area contributed by atoms with E-state index >= 15 is 0 Å². The van der Waals surface area contributed by atoms with Crippen LogP contribution in [0.4, 0.5) is 0 Å². The molecule has 0 fully saturated rings. The second-order valence-corrected chi connectivity index (χ2v) is 6.33. The summed E-state index contributed by atoms with van der Waals surface area (Å²) in [6, 6.07) is 18.6. The Morgan fingerprint density at radius 1 is 1.04 bits per heavy atom. The Kier molecular flexibility index (Phi) is 12.0. The van der Waals surface area contributed by atoms with Crippen LogP contribution in [-0.4, -0.2) is 21.6 Å². The lowest BCUT2D eigenvalue weighted by Crippen LogP contribution is -2.21. The van der Waals surface area contributed by atoms with Gasteiger partial charge in [0.15, 0.2) is 0 Å². The molecule has 0 amide bonds. The van der Waals surface area contributed by atoms with Crippen LogP contribution in [0.25, 0.3) is 11.4 Å². The van der Waals surface area contributed by atoms with E-state index in [-0.39, 0.29) is 30.3 Å². The fourth-order valence-electron chi connectivity index (χ4n) is 2.77. The summed E-state index contributed by atoms with van der Waals surface area (Å²) in [6.07, 6.45) is 4.96. The van der Waals surface area contributed by atoms with Gasteiger partial charge < -0.3 is 15.4 Å². The highest BCUT2D eigenvalue weighted by Crippen LogP contribution is 2.18. The molecule has 1 aromatic heterocycles. The first-order valence-electron chi connectivity index (χ1n) is 8.29. The van der Waals surface area contributed by atoms with Crippen molar-refractivity contribution in [1.29, 1.82) is 0 Å². The normalized spacial score (nSPS) is 10.9. The molecular formula is C20H26Cl3N3O. The number of hydrogen-bond acceptors (Lipinski definition) is 2. The van der Waals surface area contributed by atoms with Gasteiger partial charge in [-0.15, -0.1) is 24.8 Å². The van der Waals surface area contributed by atoms with Gasteiger partial charge in [0, 0.05) is 35.6 Å². The van der Waals surface area contributed by atoms with Crippen molar-refractivity contribution < 1.29 is 5.48 Å². The predicted octanol–water partition coefficient (Wildman–Crippen LogP) is 4.96. The number of imidazole rings is 1. The Bertz CT molecular complexity index is 764. The minimum atomic E-state index is 0. The molecule has 0 saturated heterocycles. The van der Waals surface area contributed by atoms with Crippen LogP contribution in [0.15, 0.2) is 67.0 Å². The van der Waals surface area contributed by atoms with Crippen LogP contribution >= 0.6 is 36.4 Å². The summed E-state index contributed by atoms with van der Waals surface area (Å²) < 4.78 is 2.21. The first kappa shape index (κ1) is 25.4. The lowest BCUT2D eigenvalue weighted by atomic mass is 10.1. The fourth-order valence-corrected chi connectivity index (χ4v) is 2.90. The number of benzene rings is 2. The first-order valence-corrected chi connectivity index (χ1v) is 8.67. The van der Waals surface area contributed by atoms with E-state index in [1.165, 1.54) is 5.56 Å². The fraction of sp³-hybridized carbons (Fsp3) is 0.250. The maximum Gasteiger partial charge on any atom is 0.139 e. The predicted molar refractivity (Wildman–Crippen MR) is 118 cm³/mol. The summed E-state index contributed by atoms with van der Waals surface area (Å²) in [4.78, 5) is 4.49. The van der Waals surface area contributed by atoms with Gasteiger partial charge in [-0.25, -0.2) is 4.98 Å². The molecule has 0 saturated carbocycles. The molecule has 1 atom stereocenters. The number of aryl methyl sites for hydroxylation is 1. The molecule has 27 heavy (non-hydrogen) atoms. The molecule has 7 heteroatoms. The van der Waals surface area contributed by atoms with Gasteiger partial charge in [0.1, 0.15) is 5.82 Å². The molecule has 148 valence electrons. The summed E-state index contributed by atoms with van der Waals surface area (Å²) in [6.45, 7) is 4.08. The molecular weight excluding hydrogens is 405 g/mol. The maximum atomic E-state index is 5.94. The zero-order valence-electron chi connectivity index (χ0n) is 15.1. The lowest BCUT2D eigenvalue weighted by Gasteiger charge is -2.15. The van der Waals surface area contributed by atoms with Gasteiger partial charge in [0.2, 0.25) is 0 Å². The van der Waals surface area contributed by atoms with Gasteiger partial charge in [-0.05, 0) is 37.6 Å². The smallest absolute Gasteiger partial charge is 0.139 e. The summed E-state index contributed by atoms with van der Waals surface area (Å²) in [7, 11) is 0. The topological polar surface area (TPSA) is 61.4 Å². The largest absolute Gasteiger partial charge is 0.412 e. The molecule has 0 aliphatic rings. The molecule has 1 heterocycles. The quantitative estimate of drug-likeness (QED) is 0.538. The molecule has 1 unspecified atom stereocenters. The minimum absolute atomic E-state index is 0. The zero-order valence-corrected chi connectivity index (χ0v) is 17.5. The lowest BCUT2D eigenvalue weighted by molar-refractivity contribution is 0.528. The first-order chi connectivity index (χ1) is 11.7.